The summed E-state index contributed by atoms with van der Waals surface area (Å²) in [4.78, 5) is 0. The lowest BCUT2D eigenvalue weighted by molar-refractivity contribution is 0.472. The highest BCUT2D eigenvalue weighted by molar-refractivity contribution is 5.44. The predicted octanol–water partition coefficient (Wildman–Crippen LogP) is 3.91. The molecule has 0 unspecified atom stereocenters. The van der Waals surface area contributed by atoms with Gasteiger partial charge in [-0.3, -0.25) is 0 Å². The number of nitrogens with two attached hydrogens (primary N) is 1. The lowest BCUT2D eigenvalue weighted by atomic mass is 10.1. The monoisotopic (exact) mass is 255 g/mol. The molecule has 0 bridgehead atoms. The predicted molar refractivity (Wildman–Crippen MR) is 79.9 cm³/mol. The number of hydrogen-bond acceptors (Lipinski definition) is 2. The Labute approximate surface area is 115 Å². The van der Waals surface area contributed by atoms with Crippen molar-refractivity contribution in [1.82, 2.24) is 0 Å². The Balaban J connectivity index is 2.35. The van der Waals surface area contributed by atoms with Gasteiger partial charge in [-0.2, -0.15) is 0 Å². The Kier molecular flexibility index (Phi) is 4.23. The molecule has 2 heteroatoms. The first-order chi connectivity index (χ1) is 9.11. The summed E-state index contributed by atoms with van der Waals surface area (Å²) in [5, 5.41) is 0. The highest BCUT2D eigenvalue weighted by Gasteiger charge is 2.07. The van der Waals surface area contributed by atoms with E-state index in [0.29, 0.717) is 6.54 Å². The molecular weight excluding hydrogens is 234 g/mol. The van der Waals surface area contributed by atoms with Gasteiger partial charge in [0.1, 0.15) is 11.5 Å². The zero-order valence-corrected chi connectivity index (χ0v) is 11.9. The van der Waals surface area contributed by atoms with Crippen LogP contribution in [0.4, 0.5) is 0 Å². The molecule has 0 fully saturated rings. The van der Waals surface area contributed by atoms with Crippen molar-refractivity contribution >= 4 is 0 Å². The lowest BCUT2D eigenvalue weighted by Crippen LogP contribution is -2.04. The summed E-state index contributed by atoms with van der Waals surface area (Å²) < 4.78 is 6.07. The molecule has 2 aromatic carbocycles. The molecular formula is C17H21NO. The van der Waals surface area contributed by atoms with Crippen molar-refractivity contribution in [2.45, 2.75) is 27.2 Å². The molecule has 2 N–H and O–H groups in total. The van der Waals surface area contributed by atoms with E-state index in [2.05, 4.69) is 39.0 Å². The third-order valence-corrected chi connectivity index (χ3v) is 3.40. The fraction of sp³-hybridized carbons (Fsp3) is 0.294. The average molecular weight is 255 g/mol. The van der Waals surface area contributed by atoms with Crippen molar-refractivity contribution in [2.75, 3.05) is 6.54 Å². The maximum atomic E-state index is 6.07. The zero-order valence-electron chi connectivity index (χ0n) is 11.9. The quantitative estimate of drug-likeness (QED) is 0.899. The van der Waals surface area contributed by atoms with Gasteiger partial charge >= 0.3 is 0 Å². The van der Waals surface area contributed by atoms with Gasteiger partial charge in [0, 0.05) is 0 Å². The van der Waals surface area contributed by atoms with E-state index in [-0.39, 0.29) is 0 Å². The summed E-state index contributed by atoms with van der Waals surface area (Å²) in [5.41, 5.74) is 10.5. The third kappa shape index (κ3) is 3.15. The normalized spacial score (nSPS) is 10.5. The molecule has 0 spiro atoms. The molecule has 0 amide bonds. The topological polar surface area (TPSA) is 35.2 Å². The van der Waals surface area contributed by atoms with Gasteiger partial charge in [-0.15, -0.1) is 0 Å². The first-order valence-corrected chi connectivity index (χ1v) is 6.65. The van der Waals surface area contributed by atoms with Crippen molar-refractivity contribution in [1.29, 1.82) is 0 Å². The second-order valence-corrected chi connectivity index (χ2v) is 4.95. The van der Waals surface area contributed by atoms with E-state index >= 15 is 0 Å². The number of hydrogen-bond donors (Lipinski definition) is 1. The van der Waals surface area contributed by atoms with Gasteiger partial charge in [0.2, 0.25) is 0 Å². The van der Waals surface area contributed by atoms with Gasteiger partial charge in [-0.25, -0.2) is 0 Å². The van der Waals surface area contributed by atoms with Crippen LogP contribution in [0.15, 0.2) is 36.4 Å². The summed E-state index contributed by atoms with van der Waals surface area (Å²) >= 11 is 0. The molecule has 100 valence electrons. The van der Waals surface area contributed by atoms with Gasteiger partial charge < -0.3 is 10.5 Å². The first kappa shape index (κ1) is 13.6. The van der Waals surface area contributed by atoms with Gasteiger partial charge in [-0.05, 0) is 62.6 Å². The number of aryl methyl sites for hydroxylation is 2. The minimum atomic E-state index is 0.632. The molecule has 0 aliphatic heterocycles. The maximum absolute atomic E-state index is 6.07. The lowest BCUT2D eigenvalue weighted by Gasteiger charge is -2.14. The molecule has 0 radical (unpaired) electrons. The Bertz CT molecular complexity index is 575. The molecule has 0 aromatic heterocycles. The van der Waals surface area contributed by atoms with Crippen molar-refractivity contribution in [3.05, 3.63) is 58.7 Å². The van der Waals surface area contributed by atoms with Crippen LogP contribution in [-0.4, -0.2) is 6.54 Å². The maximum Gasteiger partial charge on any atom is 0.130 e. The summed E-state index contributed by atoms with van der Waals surface area (Å²) in [5.74, 6) is 1.83. The molecule has 0 saturated heterocycles. The summed E-state index contributed by atoms with van der Waals surface area (Å²) in [6, 6.07) is 12.4. The van der Waals surface area contributed by atoms with E-state index in [1.165, 1.54) is 22.3 Å². The van der Waals surface area contributed by atoms with Crippen molar-refractivity contribution in [3.8, 4) is 11.5 Å². The number of rotatable bonds is 4. The molecule has 0 heterocycles. The van der Waals surface area contributed by atoms with Crippen LogP contribution in [0.1, 0.15) is 22.3 Å². The standard InChI is InChI=1S/C17H21NO/c1-12-7-8-17(15(11-12)9-10-18)19-16-6-4-5-13(2)14(16)3/h4-8,11H,9-10,18H2,1-3H3. The van der Waals surface area contributed by atoms with E-state index in [9.17, 15) is 0 Å². The zero-order chi connectivity index (χ0) is 13.8. The second kappa shape index (κ2) is 5.89. The van der Waals surface area contributed by atoms with E-state index < -0.39 is 0 Å². The van der Waals surface area contributed by atoms with Crippen molar-refractivity contribution in [2.24, 2.45) is 5.73 Å². The fourth-order valence-corrected chi connectivity index (χ4v) is 2.11. The van der Waals surface area contributed by atoms with Gasteiger partial charge in [0.05, 0.1) is 0 Å². The van der Waals surface area contributed by atoms with Gasteiger partial charge in [0.15, 0.2) is 0 Å². The van der Waals surface area contributed by atoms with Crippen LogP contribution in [0.2, 0.25) is 0 Å². The smallest absolute Gasteiger partial charge is 0.130 e. The molecule has 0 atom stereocenters. The average Bonchev–Trinajstić information content (AvgIpc) is 2.38. The Morgan fingerprint density at radius 1 is 1.00 bits per heavy atom. The molecule has 0 aliphatic rings. The molecule has 2 nitrogen and oxygen atoms in total. The summed E-state index contributed by atoms with van der Waals surface area (Å²) in [7, 11) is 0. The third-order valence-electron chi connectivity index (χ3n) is 3.40. The fourth-order valence-electron chi connectivity index (χ4n) is 2.11. The molecule has 0 aliphatic carbocycles. The number of benzene rings is 2. The van der Waals surface area contributed by atoms with Crippen LogP contribution in [0.25, 0.3) is 0 Å². The van der Waals surface area contributed by atoms with E-state index in [1.807, 2.05) is 18.2 Å². The Hall–Kier alpha value is -1.80. The largest absolute Gasteiger partial charge is 0.457 e. The second-order valence-electron chi connectivity index (χ2n) is 4.95. The Morgan fingerprint density at radius 2 is 1.79 bits per heavy atom. The van der Waals surface area contributed by atoms with Crippen molar-refractivity contribution in [3.63, 3.8) is 0 Å². The molecule has 2 aromatic rings. The van der Waals surface area contributed by atoms with Crippen LogP contribution in [-0.2, 0) is 6.42 Å². The van der Waals surface area contributed by atoms with E-state index in [1.54, 1.807) is 0 Å². The van der Waals surface area contributed by atoms with E-state index in [0.717, 1.165) is 17.9 Å². The van der Waals surface area contributed by atoms with Crippen LogP contribution < -0.4 is 10.5 Å². The minimum Gasteiger partial charge on any atom is -0.457 e. The van der Waals surface area contributed by atoms with Gasteiger partial charge in [0.25, 0.3) is 0 Å². The summed E-state index contributed by atoms with van der Waals surface area (Å²) in [6.45, 7) is 6.90. The SMILES string of the molecule is Cc1ccc(Oc2cccc(C)c2C)c(CCN)c1. The molecule has 0 saturated carbocycles. The number of ether oxygens (including phenoxy) is 1. The van der Waals surface area contributed by atoms with E-state index in [4.69, 9.17) is 10.5 Å². The highest BCUT2D eigenvalue weighted by Crippen LogP contribution is 2.30. The van der Waals surface area contributed by atoms with Crippen LogP contribution in [0.5, 0.6) is 11.5 Å². The van der Waals surface area contributed by atoms with Gasteiger partial charge in [-0.1, -0.05) is 29.8 Å². The Morgan fingerprint density at radius 3 is 2.53 bits per heavy atom. The van der Waals surface area contributed by atoms with Crippen LogP contribution >= 0.6 is 0 Å². The van der Waals surface area contributed by atoms with Crippen molar-refractivity contribution < 1.29 is 4.74 Å². The summed E-state index contributed by atoms with van der Waals surface area (Å²) in [6.07, 6.45) is 0.835. The molecule has 2 rings (SSSR count). The van der Waals surface area contributed by atoms with Crippen LogP contribution in [0.3, 0.4) is 0 Å². The highest BCUT2D eigenvalue weighted by atomic mass is 16.5. The molecule has 19 heavy (non-hydrogen) atoms. The minimum absolute atomic E-state index is 0.632. The van der Waals surface area contributed by atoms with Crippen LogP contribution in [0, 0.1) is 20.8 Å². The first-order valence-electron chi connectivity index (χ1n) is 6.65.